The number of rotatable bonds is 60. The maximum Gasteiger partial charge on any atom is 0.306 e. The monoisotopic (exact) mass is 1110 g/mol. The summed E-state index contributed by atoms with van der Waals surface area (Å²) in [6, 6.07) is 0. The van der Waals surface area contributed by atoms with Gasteiger partial charge in [0.1, 0.15) is 13.2 Å². The summed E-state index contributed by atoms with van der Waals surface area (Å²) in [5.74, 6) is -0.977. The van der Waals surface area contributed by atoms with Crippen molar-refractivity contribution in [1.82, 2.24) is 0 Å². The number of allylic oxidation sites excluding steroid dienone is 20. The molecule has 0 spiro atoms. The van der Waals surface area contributed by atoms with Gasteiger partial charge in [0.25, 0.3) is 0 Å². The zero-order valence-electron chi connectivity index (χ0n) is 52.3. The number of carbonyl (C=O) groups is 3. The largest absolute Gasteiger partial charge is 0.462 e. The van der Waals surface area contributed by atoms with Gasteiger partial charge in [-0.25, -0.2) is 0 Å². The predicted molar refractivity (Wildman–Crippen MR) is 348 cm³/mol. The first-order chi connectivity index (χ1) is 39.5. The highest BCUT2D eigenvalue weighted by atomic mass is 16.6. The Hall–Kier alpha value is -4.19. The Morgan fingerprint density at radius 2 is 0.512 bits per heavy atom. The molecule has 0 aliphatic carbocycles. The first-order valence-electron chi connectivity index (χ1n) is 33.5. The molecule has 0 aliphatic heterocycles. The number of esters is 3. The lowest BCUT2D eigenvalue weighted by atomic mass is 10.0. The fraction of sp³-hybridized carbons (Fsp3) is 0.689. The summed E-state index contributed by atoms with van der Waals surface area (Å²) >= 11 is 0. The van der Waals surface area contributed by atoms with Crippen molar-refractivity contribution in [3.63, 3.8) is 0 Å². The molecule has 0 aromatic rings. The molecule has 456 valence electrons. The fourth-order valence-corrected chi connectivity index (χ4v) is 9.29. The van der Waals surface area contributed by atoms with E-state index >= 15 is 0 Å². The molecule has 0 aromatic heterocycles. The van der Waals surface area contributed by atoms with Gasteiger partial charge in [0.05, 0.1) is 0 Å². The number of hydrogen-bond donors (Lipinski definition) is 0. The molecule has 0 saturated carbocycles. The first kappa shape index (κ1) is 75.8. The second-order valence-electron chi connectivity index (χ2n) is 22.0. The third-order valence-electron chi connectivity index (χ3n) is 14.2. The third kappa shape index (κ3) is 64.6. The lowest BCUT2D eigenvalue weighted by Gasteiger charge is -2.18. The summed E-state index contributed by atoms with van der Waals surface area (Å²) in [5, 5.41) is 0. The number of ether oxygens (including phenoxy) is 3. The Kier molecular flexibility index (Phi) is 63.8. The quantitative estimate of drug-likeness (QED) is 0.0261. The van der Waals surface area contributed by atoms with Gasteiger partial charge in [0, 0.05) is 19.3 Å². The molecule has 0 N–H and O–H groups in total. The van der Waals surface area contributed by atoms with Crippen LogP contribution in [0.1, 0.15) is 310 Å². The second-order valence-corrected chi connectivity index (χ2v) is 22.0. The maximum atomic E-state index is 12.9. The summed E-state index contributed by atoms with van der Waals surface area (Å²) in [5.41, 5.74) is 0. The van der Waals surface area contributed by atoms with Crippen LogP contribution in [0.25, 0.3) is 0 Å². The lowest BCUT2D eigenvalue weighted by molar-refractivity contribution is -0.166. The number of hydrogen-bond acceptors (Lipinski definition) is 6. The van der Waals surface area contributed by atoms with Gasteiger partial charge in [-0.2, -0.15) is 0 Å². The van der Waals surface area contributed by atoms with E-state index in [0.29, 0.717) is 19.3 Å². The average Bonchev–Trinajstić information content (AvgIpc) is 3.46. The molecular weight excluding hydrogens is 985 g/mol. The topological polar surface area (TPSA) is 78.9 Å². The normalized spacial score (nSPS) is 12.9. The molecule has 0 fully saturated rings. The van der Waals surface area contributed by atoms with Crippen molar-refractivity contribution in [2.24, 2.45) is 0 Å². The van der Waals surface area contributed by atoms with E-state index in [4.69, 9.17) is 14.2 Å². The Bertz CT molecular complexity index is 1650. The van der Waals surface area contributed by atoms with Crippen LogP contribution >= 0.6 is 0 Å². The predicted octanol–water partition coefficient (Wildman–Crippen LogP) is 23.2. The van der Waals surface area contributed by atoms with Crippen molar-refractivity contribution in [2.45, 2.75) is 316 Å². The van der Waals surface area contributed by atoms with E-state index < -0.39 is 6.10 Å². The van der Waals surface area contributed by atoms with Crippen molar-refractivity contribution in [1.29, 1.82) is 0 Å². The molecule has 0 bridgehead atoms. The highest BCUT2D eigenvalue weighted by Gasteiger charge is 2.19. The molecule has 6 heteroatoms. The summed E-state index contributed by atoms with van der Waals surface area (Å²) in [6.07, 6.45) is 93.8. The van der Waals surface area contributed by atoms with Gasteiger partial charge in [-0.05, 0) is 96.3 Å². The standard InChI is InChI=1S/C74H124O6/c1-4-7-10-13-16-19-22-25-27-29-31-32-33-34-35-36-37-38-39-40-41-42-43-45-46-49-52-55-58-61-64-67-73(76)79-70-71(69-78-72(75)66-63-60-57-54-51-48-24-21-18-15-12-9-6-3)80-74(77)68-65-62-59-56-53-50-47-44-30-28-26-23-20-17-14-11-8-5-2/h7,9-10,12,16,18-19,21,25,27,31-32,34-35,37-38,48,51,57,60,71H,4-6,8,11,13-15,17,20,22-24,26,28-30,33,36,39-47,49-50,52-56,58-59,61-70H2,1-3H3/b10-7-,12-9-,19-16-,21-18-,27-25-,32-31-,35-34-,38-37-,51-48-,60-57-. The molecule has 0 radical (unpaired) electrons. The van der Waals surface area contributed by atoms with E-state index in [1.54, 1.807) is 0 Å². The Balaban J connectivity index is 4.28. The number of unbranched alkanes of at least 4 members (excludes halogenated alkanes) is 29. The van der Waals surface area contributed by atoms with Crippen LogP contribution in [0, 0.1) is 0 Å². The molecule has 80 heavy (non-hydrogen) atoms. The fourth-order valence-electron chi connectivity index (χ4n) is 9.29. The molecule has 0 amide bonds. The zero-order chi connectivity index (χ0) is 57.8. The molecular formula is C74H124O6. The minimum Gasteiger partial charge on any atom is -0.462 e. The summed E-state index contributed by atoms with van der Waals surface area (Å²) in [4.78, 5) is 38.3. The molecule has 0 saturated heterocycles. The molecule has 0 rings (SSSR count). The average molecular weight is 1110 g/mol. The molecule has 0 aliphatic rings. The Morgan fingerprint density at radius 1 is 0.263 bits per heavy atom. The summed E-state index contributed by atoms with van der Waals surface area (Å²) in [6.45, 7) is 6.37. The minimum absolute atomic E-state index is 0.0999. The van der Waals surface area contributed by atoms with Gasteiger partial charge >= 0.3 is 17.9 Å². The Labute approximate surface area is 494 Å². The van der Waals surface area contributed by atoms with Crippen LogP contribution in [-0.4, -0.2) is 37.2 Å². The zero-order valence-corrected chi connectivity index (χ0v) is 52.3. The van der Waals surface area contributed by atoms with Gasteiger partial charge in [0.15, 0.2) is 6.10 Å². The number of carbonyl (C=O) groups excluding carboxylic acids is 3. The van der Waals surface area contributed by atoms with Gasteiger partial charge in [-0.1, -0.05) is 316 Å². The van der Waals surface area contributed by atoms with Crippen LogP contribution in [0.4, 0.5) is 0 Å². The SMILES string of the molecule is CC/C=C\C/C=C\C/C=C\C/C=C\C/C=C\C/C=C\CCCCCCCCCCCCCCC(=O)OCC(COC(=O)CC/C=C\C/C=C\C/C=C\C/C=C\CC)OC(=O)CCCCCCCCCCCCCCCCCCCC. The summed E-state index contributed by atoms with van der Waals surface area (Å²) < 4.78 is 16.9. The van der Waals surface area contributed by atoms with Gasteiger partial charge < -0.3 is 14.2 Å². The molecule has 1 unspecified atom stereocenters. The first-order valence-corrected chi connectivity index (χ1v) is 33.5. The van der Waals surface area contributed by atoms with Crippen LogP contribution in [0.15, 0.2) is 122 Å². The highest BCUT2D eigenvalue weighted by Crippen LogP contribution is 2.17. The highest BCUT2D eigenvalue weighted by molar-refractivity contribution is 5.71. The van der Waals surface area contributed by atoms with Gasteiger partial charge in [0.2, 0.25) is 0 Å². The maximum absolute atomic E-state index is 12.9. The van der Waals surface area contributed by atoms with Crippen LogP contribution in [0.5, 0.6) is 0 Å². The van der Waals surface area contributed by atoms with E-state index in [2.05, 4.69) is 136 Å². The van der Waals surface area contributed by atoms with Crippen LogP contribution in [0.3, 0.4) is 0 Å². The lowest BCUT2D eigenvalue weighted by Crippen LogP contribution is -2.30. The van der Waals surface area contributed by atoms with Crippen LogP contribution in [0.2, 0.25) is 0 Å². The van der Waals surface area contributed by atoms with Gasteiger partial charge in [-0.3, -0.25) is 14.4 Å². The van der Waals surface area contributed by atoms with Crippen LogP contribution in [-0.2, 0) is 28.6 Å². The van der Waals surface area contributed by atoms with E-state index in [9.17, 15) is 14.4 Å². The summed E-state index contributed by atoms with van der Waals surface area (Å²) in [7, 11) is 0. The van der Waals surface area contributed by atoms with E-state index in [0.717, 1.165) is 103 Å². The van der Waals surface area contributed by atoms with E-state index in [1.807, 2.05) is 6.08 Å². The van der Waals surface area contributed by atoms with Crippen molar-refractivity contribution in [3.05, 3.63) is 122 Å². The van der Waals surface area contributed by atoms with E-state index in [-0.39, 0.29) is 37.5 Å². The smallest absolute Gasteiger partial charge is 0.306 e. The van der Waals surface area contributed by atoms with Crippen molar-refractivity contribution >= 4 is 17.9 Å². The second kappa shape index (κ2) is 67.3. The van der Waals surface area contributed by atoms with Crippen molar-refractivity contribution < 1.29 is 28.6 Å². The molecule has 0 aromatic carbocycles. The molecule has 1 atom stereocenters. The molecule has 6 nitrogen and oxygen atoms in total. The minimum atomic E-state index is -0.809. The van der Waals surface area contributed by atoms with Crippen LogP contribution < -0.4 is 0 Å². The van der Waals surface area contributed by atoms with Crippen molar-refractivity contribution in [3.8, 4) is 0 Å². The Morgan fingerprint density at radius 3 is 0.838 bits per heavy atom. The third-order valence-corrected chi connectivity index (χ3v) is 14.2. The molecule has 0 heterocycles. The van der Waals surface area contributed by atoms with Gasteiger partial charge in [-0.15, -0.1) is 0 Å². The van der Waals surface area contributed by atoms with E-state index in [1.165, 1.54) is 161 Å². The van der Waals surface area contributed by atoms with Crippen molar-refractivity contribution in [2.75, 3.05) is 13.2 Å².